The van der Waals surface area contributed by atoms with Gasteiger partial charge in [0.25, 0.3) is 10.0 Å². The van der Waals surface area contributed by atoms with E-state index in [0.29, 0.717) is 22.5 Å². The van der Waals surface area contributed by atoms with Gasteiger partial charge in [0, 0.05) is 19.5 Å². The molecule has 0 radical (unpaired) electrons. The Hall–Kier alpha value is -4.64. The molecule has 11 heteroatoms. The van der Waals surface area contributed by atoms with Crippen LogP contribution >= 0.6 is 0 Å². The molecule has 0 saturated carbocycles. The Morgan fingerprint density at radius 2 is 1.44 bits per heavy atom. The molecule has 0 aliphatic heterocycles. The van der Waals surface area contributed by atoms with Gasteiger partial charge in [-0.3, -0.25) is 13.9 Å². The Morgan fingerprint density at radius 1 is 0.792 bits per heavy atom. The van der Waals surface area contributed by atoms with E-state index in [1.54, 1.807) is 25.1 Å². The van der Waals surface area contributed by atoms with Crippen LogP contribution in [-0.4, -0.2) is 44.3 Å². The third kappa shape index (κ3) is 9.47. The fraction of sp³-hybridized carbons (Fsp3) is 0.297. The van der Waals surface area contributed by atoms with Gasteiger partial charge in [-0.15, -0.1) is 0 Å². The van der Waals surface area contributed by atoms with Crippen molar-refractivity contribution in [2.75, 3.05) is 17.4 Å². The van der Waals surface area contributed by atoms with Crippen molar-refractivity contribution in [1.29, 1.82) is 0 Å². The fourth-order valence-corrected chi connectivity index (χ4v) is 6.59. The first kappa shape index (κ1) is 36.2. The lowest BCUT2D eigenvalue weighted by Crippen LogP contribution is -2.53. The van der Waals surface area contributed by atoms with Gasteiger partial charge >= 0.3 is 6.18 Å². The number of carbonyl (C=O) groups excluding carboxylic acids is 2. The molecule has 4 aromatic rings. The zero-order valence-corrected chi connectivity index (χ0v) is 28.2. The van der Waals surface area contributed by atoms with Crippen molar-refractivity contribution in [1.82, 2.24) is 10.2 Å². The average molecular weight is 680 g/mol. The van der Waals surface area contributed by atoms with Gasteiger partial charge in [0.1, 0.15) is 12.6 Å². The summed E-state index contributed by atoms with van der Waals surface area (Å²) in [6, 6.07) is 25.1. The maximum Gasteiger partial charge on any atom is 0.416 e. The van der Waals surface area contributed by atoms with Gasteiger partial charge < -0.3 is 10.2 Å². The molecule has 4 rings (SSSR count). The summed E-state index contributed by atoms with van der Waals surface area (Å²) in [5, 5.41) is 2.92. The van der Waals surface area contributed by atoms with E-state index in [-0.39, 0.29) is 29.5 Å². The minimum absolute atomic E-state index is 0.0475. The molecule has 0 aliphatic carbocycles. The van der Waals surface area contributed by atoms with E-state index < -0.39 is 46.2 Å². The van der Waals surface area contributed by atoms with Gasteiger partial charge in [0.15, 0.2) is 0 Å². The SMILES string of the molecule is Cc1ccc(S(=O)(=O)N(CC(=O)N(Cc2cccc(C)c2)[C@H](Cc2ccccc2)C(=O)NCC(C)C)c2cccc(C(F)(F)F)c2)cc1. The molecule has 2 amide bonds. The average Bonchev–Trinajstić information content (AvgIpc) is 3.04. The molecule has 7 nitrogen and oxygen atoms in total. The van der Waals surface area contributed by atoms with Crippen LogP contribution in [0.25, 0.3) is 0 Å². The molecule has 0 bridgehead atoms. The molecular formula is C37H40F3N3O4S. The lowest BCUT2D eigenvalue weighted by Gasteiger charge is -2.34. The minimum atomic E-state index is -4.76. The van der Waals surface area contributed by atoms with Crippen LogP contribution in [0, 0.1) is 19.8 Å². The number of alkyl halides is 3. The maximum atomic E-state index is 14.5. The van der Waals surface area contributed by atoms with Crippen LogP contribution in [0.4, 0.5) is 18.9 Å². The molecule has 254 valence electrons. The number of sulfonamides is 1. The number of anilines is 1. The molecule has 1 N–H and O–H groups in total. The number of nitrogens with one attached hydrogen (secondary N) is 1. The van der Waals surface area contributed by atoms with E-state index in [9.17, 15) is 31.2 Å². The first-order valence-corrected chi connectivity index (χ1v) is 17.0. The summed E-state index contributed by atoms with van der Waals surface area (Å²) in [7, 11) is -4.55. The highest BCUT2D eigenvalue weighted by molar-refractivity contribution is 7.92. The molecule has 0 fully saturated rings. The van der Waals surface area contributed by atoms with Crippen LogP contribution in [0.5, 0.6) is 0 Å². The van der Waals surface area contributed by atoms with Crippen LogP contribution < -0.4 is 9.62 Å². The summed E-state index contributed by atoms with van der Waals surface area (Å²) in [6.07, 6.45) is -4.64. The van der Waals surface area contributed by atoms with Gasteiger partial charge in [-0.05, 0) is 61.2 Å². The molecule has 1 atom stereocenters. The summed E-state index contributed by atoms with van der Waals surface area (Å²) in [4.78, 5) is 29.5. The lowest BCUT2D eigenvalue weighted by molar-refractivity contribution is -0.140. The van der Waals surface area contributed by atoms with E-state index in [2.05, 4.69) is 5.32 Å². The number of hydrogen-bond donors (Lipinski definition) is 1. The second-order valence-electron chi connectivity index (χ2n) is 12.2. The number of rotatable bonds is 13. The van der Waals surface area contributed by atoms with E-state index >= 15 is 0 Å². The molecule has 0 heterocycles. The van der Waals surface area contributed by atoms with Crippen LogP contribution in [-0.2, 0) is 38.8 Å². The number of halogens is 3. The van der Waals surface area contributed by atoms with Gasteiger partial charge in [0.2, 0.25) is 11.8 Å². The number of amides is 2. The predicted molar refractivity (Wildman–Crippen MR) is 181 cm³/mol. The number of carbonyl (C=O) groups is 2. The zero-order valence-electron chi connectivity index (χ0n) is 27.4. The van der Waals surface area contributed by atoms with Crippen molar-refractivity contribution in [2.45, 2.75) is 57.8 Å². The molecule has 0 saturated heterocycles. The third-order valence-electron chi connectivity index (χ3n) is 7.74. The summed E-state index contributed by atoms with van der Waals surface area (Å²) in [5.41, 5.74) is 1.75. The largest absolute Gasteiger partial charge is 0.416 e. The standard InChI is InChI=1S/C37H40F3N3O4S/c1-26(2)23-41-36(45)34(21-29-11-6-5-7-12-29)42(24-30-13-8-10-28(4)20-30)35(44)25-43(32-15-9-14-31(22-32)37(38,39)40)48(46,47)33-18-16-27(3)17-19-33/h5-20,22,26,34H,21,23-25H2,1-4H3,(H,41,45)/t34-/m1/s1. The van der Waals surface area contributed by atoms with E-state index in [1.165, 1.54) is 23.1 Å². The number of nitrogens with zero attached hydrogens (tertiary/aromatic N) is 2. The van der Waals surface area contributed by atoms with E-state index in [0.717, 1.165) is 28.8 Å². The summed E-state index contributed by atoms with van der Waals surface area (Å²) in [5.74, 6) is -1.07. The monoisotopic (exact) mass is 679 g/mol. The Balaban J connectivity index is 1.84. The highest BCUT2D eigenvalue weighted by atomic mass is 32.2. The fourth-order valence-electron chi connectivity index (χ4n) is 5.19. The molecule has 4 aromatic carbocycles. The predicted octanol–water partition coefficient (Wildman–Crippen LogP) is 6.93. The quantitative estimate of drug-likeness (QED) is 0.166. The molecule has 0 spiro atoms. The van der Waals surface area contributed by atoms with Crippen molar-refractivity contribution >= 4 is 27.5 Å². The maximum absolute atomic E-state index is 14.5. The first-order valence-electron chi connectivity index (χ1n) is 15.6. The molecule has 0 aromatic heterocycles. The van der Waals surface area contributed by atoms with Crippen LogP contribution in [0.3, 0.4) is 0 Å². The van der Waals surface area contributed by atoms with Crippen molar-refractivity contribution < 1.29 is 31.2 Å². The highest BCUT2D eigenvalue weighted by Gasteiger charge is 2.36. The van der Waals surface area contributed by atoms with Crippen molar-refractivity contribution in [3.63, 3.8) is 0 Å². The van der Waals surface area contributed by atoms with Crippen LogP contribution in [0.1, 0.15) is 41.7 Å². The van der Waals surface area contributed by atoms with Gasteiger partial charge in [-0.1, -0.05) is 97.8 Å². The van der Waals surface area contributed by atoms with E-state index in [1.807, 2.05) is 69.3 Å². The Morgan fingerprint density at radius 3 is 2.06 bits per heavy atom. The van der Waals surface area contributed by atoms with Crippen molar-refractivity contribution in [2.24, 2.45) is 5.92 Å². The van der Waals surface area contributed by atoms with Crippen molar-refractivity contribution in [3.05, 3.63) is 131 Å². The Kier molecular flexibility index (Phi) is 11.7. The normalized spacial score (nSPS) is 12.4. The topological polar surface area (TPSA) is 86.8 Å². The second-order valence-corrected chi connectivity index (χ2v) is 14.1. The summed E-state index contributed by atoms with van der Waals surface area (Å²) >= 11 is 0. The van der Waals surface area contributed by atoms with Gasteiger partial charge in [-0.25, -0.2) is 8.42 Å². The Bertz CT molecular complexity index is 1810. The second kappa shape index (κ2) is 15.5. The zero-order chi connectivity index (χ0) is 35.1. The number of aryl methyl sites for hydroxylation is 2. The lowest BCUT2D eigenvalue weighted by atomic mass is 10.0. The van der Waals surface area contributed by atoms with Gasteiger partial charge in [0.05, 0.1) is 16.1 Å². The molecule has 0 aliphatic rings. The first-order chi connectivity index (χ1) is 22.6. The number of benzene rings is 4. The number of hydrogen-bond acceptors (Lipinski definition) is 4. The summed E-state index contributed by atoms with van der Waals surface area (Å²) in [6.45, 7) is 6.96. The van der Waals surface area contributed by atoms with Crippen LogP contribution in [0.2, 0.25) is 0 Å². The highest BCUT2D eigenvalue weighted by Crippen LogP contribution is 2.33. The summed E-state index contributed by atoms with van der Waals surface area (Å²) < 4.78 is 70.4. The smallest absolute Gasteiger partial charge is 0.354 e. The third-order valence-corrected chi connectivity index (χ3v) is 9.53. The molecular weight excluding hydrogens is 639 g/mol. The van der Waals surface area contributed by atoms with E-state index in [4.69, 9.17) is 0 Å². The Labute approximate surface area is 280 Å². The molecule has 0 unspecified atom stereocenters. The van der Waals surface area contributed by atoms with Gasteiger partial charge in [-0.2, -0.15) is 13.2 Å². The van der Waals surface area contributed by atoms with Crippen molar-refractivity contribution in [3.8, 4) is 0 Å². The van der Waals surface area contributed by atoms with Crippen LogP contribution in [0.15, 0.2) is 108 Å². The minimum Gasteiger partial charge on any atom is -0.354 e. The molecule has 48 heavy (non-hydrogen) atoms.